The number of rotatable bonds is 3. The second-order valence-corrected chi connectivity index (χ2v) is 6.46. The number of benzene rings is 1. The number of furan rings is 1. The lowest BCUT2D eigenvalue weighted by Crippen LogP contribution is -2.10. The van der Waals surface area contributed by atoms with E-state index in [1.807, 2.05) is 36.6 Å². The van der Waals surface area contributed by atoms with Gasteiger partial charge in [0.25, 0.3) is 0 Å². The third kappa shape index (κ3) is 2.26. The van der Waals surface area contributed by atoms with Crippen LogP contribution >= 0.6 is 27.3 Å². The van der Waals surface area contributed by atoms with Crippen molar-refractivity contribution in [1.82, 2.24) is 0 Å². The standard InChI is InChI=1S/C15H14BrNO2S/c1-8-11-6-10(18-2)3-4-12(11)19-15(8)14(17)13-5-9(16)7-20-13/h3-7,14H,17H2,1-2H3. The van der Waals surface area contributed by atoms with Gasteiger partial charge in [-0.15, -0.1) is 11.3 Å². The van der Waals surface area contributed by atoms with E-state index in [0.717, 1.165) is 37.4 Å². The third-order valence-electron chi connectivity index (χ3n) is 3.36. The highest BCUT2D eigenvalue weighted by Crippen LogP contribution is 2.35. The first-order chi connectivity index (χ1) is 9.60. The van der Waals surface area contributed by atoms with Crippen LogP contribution < -0.4 is 10.5 Å². The Morgan fingerprint density at radius 2 is 2.15 bits per heavy atom. The molecule has 0 aliphatic carbocycles. The quantitative estimate of drug-likeness (QED) is 0.748. The van der Waals surface area contributed by atoms with Crippen LogP contribution in [-0.4, -0.2) is 7.11 Å². The summed E-state index contributed by atoms with van der Waals surface area (Å²) in [6, 6.07) is 7.58. The van der Waals surface area contributed by atoms with Gasteiger partial charge >= 0.3 is 0 Å². The van der Waals surface area contributed by atoms with Gasteiger partial charge in [0.15, 0.2) is 0 Å². The van der Waals surface area contributed by atoms with Gasteiger partial charge in [0, 0.05) is 25.7 Å². The van der Waals surface area contributed by atoms with Crippen LogP contribution in [0.5, 0.6) is 5.75 Å². The summed E-state index contributed by atoms with van der Waals surface area (Å²) in [4.78, 5) is 1.07. The summed E-state index contributed by atoms with van der Waals surface area (Å²) in [5.74, 6) is 1.63. The fraction of sp³-hybridized carbons (Fsp3) is 0.200. The summed E-state index contributed by atoms with van der Waals surface area (Å²) >= 11 is 5.07. The molecule has 0 saturated carbocycles. The van der Waals surface area contributed by atoms with Gasteiger partial charge in [-0.1, -0.05) is 0 Å². The van der Waals surface area contributed by atoms with Gasteiger partial charge in [0.2, 0.25) is 0 Å². The first kappa shape index (κ1) is 13.7. The van der Waals surface area contributed by atoms with Crippen molar-refractivity contribution in [2.24, 2.45) is 5.73 Å². The van der Waals surface area contributed by atoms with E-state index in [9.17, 15) is 0 Å². The number of thiophene rings is 1. The van der Waals surface area contributed by atoms with Crippen molar-refractivity contribution >= 4 is 38.2 Å². The summed E-state index contributed by atoms with van der Waals surface area (Å²) in [5, 5.41) is 3.07. The molecular weight excluding hydrogens is 338 g/mol. The molecule has 0 fully saturated rings. The zero-order chi connectivity index (χ0) is 14.3. The largest absolute Gasteiger partial charge is 0.497 e. The van der Waals surface area contributed by atoms with Crippen LogP contribution in [0.25, 0.3) is 11.0 Å². The molecule has 2 N–H and O–H groups in total. The maximum Gasteiger partial charge on any atom is 0.134 e. The normalized spacial score (nSPS) is 12.8. The molecule has 0 aliphatic rings. The minimum atomic E-state index is -0.246. The monoisotopic (exact) mass is 351 g/mol. The van der Waals surface area contributed by atoms with Crippen molar-refractivity contribution in [1.29, 1.82) is 0 Å². The van der Waals surface area contributed by atoms with Gasteiger partial charge in [-0.2, -0.15) is 0 Å². The third-order valence-corrected chi connectivity index (χ3v) is 5.13. The molecule has 0 bridgehead atoms. The molecule has 0 amide bonds. The fourth-order valence-electron chi connectivity index (χ4n) is 2.26. The lowest BCUT2D eigenvalue weighted by molar-refractivity contribution is 0.415. The molecule has 3 rings (SSSR count). The Morgan fingerprint density at radius 3 is 2.80 bits per heavy atom. The highest BCUT2D eigenvalue weighted by Gasteiger charge is 2.20. The van der Waals surface area contributed by atoms with E-state index in [4.69, 9.17) is 14.9 Å². The van der Waals surface area contributed by atoms with Crippen LogP contribution in [0.3, 0.4) is 0 Å². The molecule has 1 aromatic carbocycles. The summed E-state index contributed by atoms with van der Waals surface area (Å²) in [6.45, 7) is 2.03. The van der Waals surface area contributed by atoms with Crippen LogP contribution in [0, 0.1) is 6.92 Å². The number of hydrogen-bond donors (Lipinski definition) is 1. The van der Waals surface area contributed by atoms with Crippen molar-refractivity contribution in [2.45, 2.75) is 13.0 Å². The second-order valence-electron chi connectivity index (χ2n) is 4.60. The molecule has 0 spiro atoms. The second kappa shape index (κ2) is 5.24. The Balaban J connectivity index is 2.09. The van der Waals surface area contributed by atoms with Crippen LogP contribution in [0.1, 0.15) is 22.2 Å². The van der Waals surface area contributed by atoms with E-state index in [2.05, 4.69) is 15.9 Å². The van der Waals surface area contributed by atoms with Gasteiger partial charge in [0.05, 0.1) is 13.2 Å². The molecule has 3 aromatic rings. The Labute approximate surface area is 129 Å². The number of hydrogen-bond acceptors (Lipinski definition) is 4. The Bertz CT molecular complexity index is 762. The lowest BCUT2D eigenvalue weighted by Gasteiger charge is -2.07. The summed E-state index contributed by atoms with van der Waals surface area (Å²) in [6.07, 6.45) is 0. The van der Waals surface area contributed by atoms with E-state index >= 15 is 0 Å². The Morgan fingerprint density at radius 1 is 1.35 bits per heavy atom. The molecule has 0 radical (unpaired) electrons. The molecule has 5 heteroatoms. The van der Waals surface area contributed by atoms with Crippen molar-refractivity contribution < 1.29 is 9.15 Å². The molecule has 3 nitrogen and oxygen atoms in total. The molecule has 2 aromatic heterocycles. The first-order valence-electron chi connectivity index (χ1n) is 6.16. The molecule has 20 heavy (non-hydrogen) atoms. The van der Waals surface area contributed by atoms with Gasteiger partial charge in [-0.05, 0) is 47.1 Å². The molecule has 1 atom stereocenters. The minimum Gasteiger partial charge on any atom is -0.497 e. The predicted molar refractivity (Wildman–Crippen MR) is 85.6 cm³/mol. The number of nitrogens with two attached hydrogens (primary N) is 1. The number of methoxy groups -OCH3 is 1. The number of fused-ring (bicyclic) bond motifs is 1. The van der Waals surface area contributed by atoms with Crippen LogP contribution in [0.2, 0.25) is 0 Å². The molecular formula is C15H14BrNO2S. The smallest absolute Gasteiger partial charge is 0.134 e. The number of aryl methyl sites for hydroxylation is 1. The highest BCUT2D eigenvalue weighted by molar-refractivity contribution is 9.10. The molecule has 1 unspecified atom stereocenters. The fourth-order valence-corrected chi connectivity index (χ4v) is 3.71. The van der Waals surface area contributed by atoms with Crippen molar-refractivity contribution in [2.75, 3.05) is 7.11 Å². The molecule has 2 heterocycles. The molecule has 0 saturated heterocycles. The van der Waals surface area contributed by atoms with Crippen molar-refractivity contribution in [3.05, 3.63) is 50.3 Å². The van der Waals surface area contributed by atoms with Gasteiger partial charge in [-0.25, -0.2) is 0 Å². The van der Waals surface area contributed by atoms with E-state index in [1.54, 1.807) is 18.4 Å². The number of halogens is 1. The zero-order valence-corrected chi connectivity index (χ0v) is 13.5. The van der Waals surface area contributed by atoms with Crippen LogP contribution in [0.15, 0.2) is 38.5 Å². The summed E-state index contributed by atoms with van der Waals surface area (Å²) < 4.78 is 12.2. The SMILES string of the molecule is COc1ccc2oc(C(N)c3cc(Br)cs3)c(C)c2c1. The van der Waals surface area contributed by atoms with E-state index in [-0.39, 0.29) is 6.04 Å². The minimum absolute atomic E-state index is 0.246. The van der Waals surface area contributed by atoms with Gasteiger partial charge < -0.3 is 14.9 Å². The van der Waals surface area contributed by atoms with Gasteiger partial charge in [0.1, 0.15) is 17.1 Å². The van der Waals surface area contributed by atoms with Crippen LogP contribution in [0.4, 0.5) is 0 Å². The Hall–Kier alpha value is -1.30. The first-order valence-corrected chi connectivity index (χ1v) is 7.84. The summed E-state index contributed by atoms with van der Waals surface area (Å²) in [7, 11) is 1.66. The van der Waals surface area contributed by atoms with E-state index < -0.39 is 0 Å². The Kier molecular flexibility index (Phi) is 3.58. The number of ether oxygens (including phenoxy) is 1. The topological polar surface area (TPSA) is 48.4 Å². The predicted octanol–water partition coefficient (Wildman–Crippen LogP) is 4.62. The lowest BCUT2D eigenvalue weighted by atomic mass is 10.1. The average Bonchev–Trinajstić information content (AvgIpc) is 3.02. The zero-order valence-electron chi connectivity index (χ0n) is 11.1. The highest BCUT2D eigenvalue weighted by atomic mass is 79.9. The molecule has 0 aliphatic heterocycles. The van der Waals surface area contributed by atoms with E-state index in [1.165, 1.54) is 0 Å². The maximum absolute atomic E-state index is 6.33. The van der Waals surface area contributed by atoms with Gasteiger partial charge in [-0.3, -0.25) is 0 Å². The van der Waals surface area contributed by atoms with Crippen molar-refractivity contribution in [3.8, 4) is 5.75 Å². The maximum atomic E-state index is 6.33. The van der Waals surface area contributed by atoms with E-state index in [0.29, 0.717) is 0 Å². The summed E-state index contributed by atoms with van der Waals surface area (Å²) in [5.41, 5.74) is 8.23. The average molecular weight is 352 g/mol. The molecule has 104 valence electrons. The van der Waals surface area contributed by atoms with Crippen molar-refractivity contribution in [3.63, 3.8) is 0 Å². The van der Waals surface area contributed by atoms with Crippen LogP contribution in [-0.2, 0) is 0 Å².